The fourth-order valence-electron chi connectivity index (χ4n) is 5.04. The summed E-state index contributed by atoms with van der Waals surface area (Å²) in [5.74, 6) is 2.86. The van der Waals surface area contributed by atoms with Gasteiger partial charge in [0.15, 0.2) is 10.9 Å². The van der Waals surface area contributed by atoms with Crippen LogP contribution in [0.4, 0.5) is 0 Å². The number of ketones is 1. The van der Waals surface area contributed by atoms with E-state index in [1.165, 1.54) is 49.4 Å². The third-order valence-electron chi connectivity index (χ3n) is 7.02. The average molecular weight is 493 g/mol. The molecule has 186 valence electrons. The van der Waals surface area contributed by atoms with Crippen molar-refractivity contribution in [2.24, 2.45) is 0 Å². The minimum absolute atomic E-state index is 0.131. The van der Waals surface area contributed by atoms with E-state index in [0.29, 0.717) is 18.2 Å². The average Bonchev–Trinajstić information content (AvgIpc) is 3.42. The van der Waals surface area contributed by atoms with Gasteiger partial charge in [-0.25, -0.2) is 0 Å². The van der Waals surface area contributed by atoms with Crippen LogP contribution in [-0.4, -0.2) is 38.0 Å². The van der Waals surface area contributed by atoms with E-state index < -0.39 is 0 Å². The van der Waals surface area contributed by atoms with Gasteiger partial charge in [0.1, 0.15) is 11.6 Å². The van der Waals surface area contributed by atoms with Gasteiger partial charge < -0.3 is 13.9 Å². The smallest absolute Gasteiger partial charge is 0.191 e. The van der Waals surface area contributed by atoms with Crippen molar-refractivity contribution in [1.29, 1.82) is 0 Å². The van der Waals surface area contributed by atoms with Crippen molar-refractivity contribution in [2.75, 3.05) is 12.9 Å². The number of carbonyl (C=O) groups is 1. The topological polar surface area (TPSA) is 61.9 Å². The van der Waals surface area contributed by atoms with Crippen LogP contribution >= 0.6 is 11.8 Å². The van der Waals surface area contributed by atoms with Crippen LogP contribution < -0.4 is 4.74 Å². The molecule has 3 aromatic rings. The second kappa shape index (κ2) is 11.8. The van der Waals surface area contributed by atoms with E-state index in [0.717, 1.165) is 46.6 Å². The van der Waals surface area contributed by atoms with Gasteiger partial charge in [0.2, 0.25) is 0 Å². The number of ether oxygens (including phenoxy) is 1. The third kappa shape index (κ3) is 5.89. The number of Topliss-reactive ketones (excluding diaryl/α,β-unsaturated/α-hetero) is 1. The molecule has 1 saturated carbocycles. The summed E-state index contributed by atoms with van der Waals surface area (Å²) in [5.41, 5.74) is 4.18. The van der Waals surface area contributed by atoms with E-state index in [1.54, 1.807) is 7.11 Å². The summed E-state index contributed by atoms with van der Waals surface area (Å²) in [6, 6.07) is 10.2. The fraction of sp³-hybridized carbons (Fsp3) is 0.464. The quantitative estimate of drug-likeness (QED) is 0.182. The maximum absolute atomic E-state index is 13.2. The summed E-state index contributed by atoms with van der Waals surface area (Å²) in [7, 11) is 1.68. The highest BCUT2D eigenvalue weighted by Crippen LogP contribution is 2.33. The van der Waals surface area contributed by atoms with E-state index >= 15 is 0 Å². The van der Waals surface area contributed by atoms with E-state index in [1.807, 2.05) is 31.2 Å². The lowest BCUT2D eigenvalue weighted by atomic mass is 9.89. The predicted molar refractivity (Wildman–Crippen MR) is 142 cm³/mol. The van der Waals surface area contributed by atoms with Crippen LogP contribution in [0.1, 0.15) is 71.2 Å². The number of aryl methyl sites for hydroxylation is 2. The van der Waals surface area contributed by atoms with E-state index in [4.69, 9.17) is 4.74 Å². The van der Waals surface area contributed by atoms with Crippen molar-refractivity contribution in [3.63, 3.8) is 0 Å². The lowest BCUT2D eigenvalue weighted by Gasteiger charge is -2.21. The van der Waals surface area contributed by atoms with Crippen molar-refractivity contribution in [3.05, 3.63) is 71.3 Å². The minimum Gasteiger partial charge on any atom is -0.497 e. The van der Waals surface area contributed by atoms with Gasteiger partial charge in [0.05, 0.1) is 12.9 Å². The SMILES string of the molecule is C=CCn1c(SCC(=O)c2cc(C)n(CCc3ccc(OC)cc3)c2C)nnc1C1CCCCC1. The molecule has 0 saturated heterocycles. The number of benzene rings is 1. The molecule has 7 heteroatoms. The number of allylic oxidation sites excluding steroid dienone is 1. The molecule has 0 spiro atoms. The van der Waals surface area contributed by atoms with Gasteiger partial charge in [-0.05, 0) is 56.9 Å². The van der Waals surface area contributed by atoms with Crippen molar-refractivity contribution in [2.45, 2.75) is 76.5 Å². The van der Waals surface area contributed by atoms with Gasteiger partial charge in [-0.2, -0.15) is 0 Å². The molecule has 0 unspecified atom stereocenters. The molecular weight excluding hydrogens is 456 g/mol. The Hall–Kier alpha value is -2.80. The number of aromatic nitrogens is 4. The molecule has 1 aliphatic carbocycles. The first kappa shape index (κ1) is 25.3. The first-order chi connectivity index (χ1) is 17.0. The Morgan fingerprint density at radius 1 is 1.14 bits per heavy atom. The summed E-state index contributed by atoms with van der Waals surface area (Å²) in [6.45, 7) is 9.54. The minimum atomic E-state index is 0.131. The Morgan fingerprint density at radius 3 is 2.57 bits per heavy atom. The van der Waals surface area contributed by atoms with Crippen LogP contribution in [-0.2, 0) is 19.5 Å². The standard InChI is InChI=1S/C28H36N4O2S/c1-5-16-32-27(23-9-7-6-8-10-23)29-30-28(32)35-19-26(33)25-18-20(2)31(21(25)3)17-15-22-11-13-24(34-4)14-12-22/h5,11-14,18,23H,1,6-10,15-17,19H2,2-4H3. The highest BCUT2D eigenvalue weighted by Gasteiger charge is 2.24. The number of methoxy groups -OCH3 is 1. The first-order valence-electron chi connectivity index (χ1n) is 12.5. The molecule has 0 atom stereocenters. The molecule has 1 aromatic carbocycles. The number of nitrogens with zero attached hydrogens (tertiary/aromatic N) is 4. The monoisotopic (exact) mass is 492 g/mol. The van der Waals surface area contributed by atoms with Crippen LogP contribution in [0, 0.1) is 13.8 Å². The molecule has 1 fully saturated rings. The molecule has 6 nitrogen and oxygen atoms in total. The summed E-state index contributed by atoms with van der Waals surface area (Å²) >= 11 is 1.48. The molecule has 4 rings (SSSR count). The molecule has 1 aliphatic rings. The summed E-state index contributed by atoms with van der Waals surface area (Å²) in [4.78, 5) is 13.2. The Kier molecular flexibility index (Phi) is 8.50. The number of hydrogen-bond acceptors (Lipinski definition) is 5. The zero-order valence-electron chi connectivity index (χ0n) is 21.1. The summed E-state index contributed by atoms with van der Waals surface area (Å²) in [6.07, 6.45) is 8.93. The van der Waals surface area contributed by atoms with E-state index in [-0.39, 0.29) is 5.78 Å². The molecule has 0 N–H and O–H groups in total. The Morgan fingerprint density at radius 2 is 1.89 bits per heavy atom. The van der Waals surface area contributed by atoms with Gasteiger partial charge >= 0.3 is 0 Å². The van der Waals surface area contributed by atoms with Crippen LogP contribution in [0.25, 0.3) is 0 Å². The molecule has 0 radical (unpaired) electrons. The van der Waals surface area contributed by atoms with Crippen LogP contribution in [0.2, 0.25) is 0 Å². The van der Waals surface area contributed by atoms with Gasteiger partial charge in [-0.15, -0.1) is 16.8 Å². The predicted octanol–water partition coefficient (Wildman–Crippen LogP) is 6.16. The molecule has 0 bridgehead atoms. The Balaban J connectivity index is 1.42. The molecule has 2 aromatic heterocycles. The number of carbonyl (C=O) groups excluding carboxylic acids is 1. The fourth-order valence-corrected chi connectivity index (χ4v) is 5.88. The lowest BCUT2D eigenvalue weighted by Crippen LogP contribution is -2.13. The lowest BCUT2D eigenvalue weighted by molar-refractivity contribution is 0.102. The normalized spacial score (nSPS) is 14.3. The van der Waals surface area contributed by atoms with Crippen LogP contribution in [0.5, 0.6) is 5.75 Å². The molecular formula is C28H36N4O2S. The van der Waals surface area contributed by atoms with Gasteiger partial charge in [-0.1, -0.05) is 49.2 Å². The second-order valence-electron chi connectivity index (χ2n) is 9.32. The first-order valence-corrected chi connectivity index (χ1v) is 13.5. The molecule has 0 amide bonds. The Bertz CT molecular complexity index is 1160. The maximum Gasteiger partial charge on any atom is 0.191 e. The largest absolute Gasteiger partial charge is 0.497 e. The molecule has 35 heavy (non-hydrogen) atoms. The van der Waals surface area contributed by atoms with E-state index in [2.05, 4.69) is 45.0 Å². The Labute approximate surface area is 212 Å². The van der Waals surface area contributed by atoms with Crippen molar-refractivity contribution >= 4 is 17.5 Å². The number of hydrogen-bond donors (Lipinski definition) is 0. The van der Waals surface area contributed by atoms with Crippen molar-refractivity contribution in [1.82, 2.24) is 19.3 Å². The highest BCUT2D eigenvalue weighted by molar-refractivity contribution is 7.99. The maximum atomic E-state index is 13.2. The zero-order chi connectivity index (χ0) is 24.8. The van der Waals surface area contributed by atoms with Crippen molar-refractivity contribution < 1.29 is 9.53 Å². The van der Waals surface area contributed by atoms with E-state index in [9.17, 15) is 4.79 Å². The molecule has 0 aliphatic heterocycles. The van der Waals surface area contributed by atoms with Gasteiger partial charge in [-0.3, -0.25) is 4.79 Å². The van der Waals surface area contributed by atoms with Gasteiger partial charge in [0.25, 0.3) is 0 Å². The third-order valence-corrected chi connectivity index (χ3v) is 7.98. The van der Waals surface area contributed by atoms with Crippen LogP contribution in [0.15, 0.2) is 48.1 Å². The number of rotatable bonds is 11. The summed E-state index contributed by atoms with van der Waals surface area (Å²) in [5, 5.41) is 9.80. The zero-order valence-corrected chi connectivity index (χ0v) is 21.9. The molecule has 2 heterocycles. The highest BCUT2D eigenvalue weighted by atomic mass is 32.2. The van der Waals surface area contributed by atoms with Crippen LogP contribution in [0.3, 0.4) is 0 Å². The van der Waals surface area contributed by atoms with Gasteiger partial charge in [0, 0.05) is 36.0 Å². The van der Waals surface area contributed by atoms with Crippen molar-refractivity contribution in [3.8, 4) is 5.75 Å². The summed E-state index contributed by atoms with van der Waals surface area (Å²) < 4.78 is 9.64. The number of thioether (sulfide) groups is 1. The second-order valence-corrected chi connectivity index (χ2v) is 10.3.